The lowest BCUT2D eigenvalue weighted by molar-refractivity contribution is -0.125. The van der Waals surface area contributed by atoms with E-state index in [9.17, 15) is 9.59 Å². The zero-order valence-electron chi connectivity index (χ0n) is 14.2. The van der Waals surface area contributed by atoms with E-state index in [-0.39, 0.29) is 29.4 Å². The Bertz CT molecular complexity index is 763. The van der Waals surface area contributed by atoms with Gasteiger partial charge in [0.2, 0.25) is 11.9 Å². The fourth-order valence-electron chi connectivity index (χ4n) is 2.99. The number of nitrogens with one attached hydrogen (secondary N) is 2. The van der Waals surface area contributed by atoms with E-state index >= 15 is 0 Å². The number of piperidine rings is 1. The molecule has 0 unspecified atom stereocenters. The zero-order valence-corrected chi connectivity index (χ0v) is 14.2. The third-order valence-electron chi connectivity index (χ3n) is 4.38. The van der Waals surface area contributed by atoms with Crippen molar-refractivity contribution in [3.63, 3.8) is 0 Å². The van der Waals surface area contributed by atoms with E-state index < -0.39 is 0 Å². The maximum absolute atomic E-state index is 12.3. The van der Waals surface area contributed by atoms with Crippen molar-refractivity contribution in [2.24, 2.45) is 5.92 Å². The topological polar surface area (TPSA) is 122 Å². The lowest BCUT2D eigenvalue weighted by Crippen LogP contribution is -2.47. The number of rotatable bonds is 5. The highest BCUT2D eigenvalue weighted by Gasteiger charge is 2.24. The van der Waals surface area contributed by atoms with Crippen molar-refractivity contribution < 1.29 is 4.79 Å². The van der Waals surface area contributed by atoms with Crippen molar-refractivity contribution in [2.75, 3.05) is 23.7 Å². The molecule has 1 aliphatic rings. The fourth-order valence-corrected chi connectivity index (χ4v) is 2.99. The van der Waals surface area contributed by atoms with E-state index in [1.54, 1.807) is 10.9 Å². The van der Waals surface area contributed by atoms with Crippen molar-refractivity contribution in [3.05, 3.63) is 34.9 Å². The molecular weight excluding hydrogens is 322 g/mol. The van der Waals surface area contributed by atoms with Gasteiger partial charge in [-0.25, -0.2) is 0 Å². The number of nitrogens with two attached hydrogens (primary N) is 1. The van der Waals surface area contributed by atoms with E-state index in [4.69, 9.17) is 5.73 Å². The van der Waals surface area contributed by atoms with Gasteiger partial charge in [-0.05, 0) is 18.9 Å². The summed E-state index contributed by atoms with van der Waals surface area (Å²) < 4.78 is 1.76. The lowest BCUT2D eigenvalue weighted by atomic mass is 10.0. The van der Waals surface area contributed by atoms with Gasteiger partial charge in [0.1, 0.15) is 5.82 Å². The summed E-state index contributed by atoms with van der Waals surface area (Å²) in [4.78, 5) is 32.5. The second-order valence-corrected chi connectivity index (χ2v) is 6.39. The van der Waals surface area contributed by atoms with E-state index in [1.807, 2.05) is 24.1 Å². The van der Waals surface area contributed by atoms with Crippen LogP contribution in [0.2, 0.25) is 0 Å². The molecule has 1 aliphatic heterocycles. The number of aromatic nitrogens is 4. The Kier molecular flexibility index (Phi) is 5.01. The third kappa shape index (κ3) is 4.37. The van der Waals surface area contributed by atoms with Gasteiger partial charge < -0.3 is 16.0 Å². The number of anilines is 2. The highest BCUT2D eigenvalue weighted by atomic mass is 16.2. The average molecular weight is 345 g/mol. The summed E-state index contributed by atoms with van der Waals surface area (Å²) in [5.74, 6) is 0.586. The number of hydrogen-bond acceptors (Lipinski definition) is 6. The summed E-state index contributed by atoms with van der Waals surface area (Å²) in [6.07, 6.45) is 5.15. The molecular formula is C16H23N7O2. The van der Waals surface area contributed by atoms with Gasteiger partial charge in [0, 0.05) is 37.6 Å². The molecule has 1 fully saturated rings. The van der Waals surface area contributed by atoms with Gasteiger partial charge in [0.05, 0.1) is 12.5 Å². The summed E-state index contributed by atoms with van der Waals surface area (Å²) in [5.41, 5.74) is 5.33. The number of nitrogens with zero attached hydrogens (tertiary/aromatic N) is 4. The van der Waals surface area contributed by atoms with Crippen LogP contribution in [0.25, 0.3) is 0 Å². The number of amides is 1. The van der Waals surface area contributed by atoms with Gasteiger partial charge in [-0.3, -0.25) is 19.3 Å². The van der Waals surface area contributed by atoms with Crippen LogP contribution >= 0.6 is 0 Å². The first-order chi connectivity index (χ1) is 12.0. The molecule has 9 nitrogen and oxygen atoms in total. The number of carbonyl (C=O) groups excluding carboxylic acids is 1. The molecule has 0 spiro atoms. The first-order valence-electron chi connectivity index (χ1n) is 8.41. The summed E-state index contributed by atoms with van der Waals surface area (Å²) in [6.45, 7) is 3.89. The highest BCUT2D eigenvalue weighted by Crippen LogP contribution is 2.17. The average Bonchev–Trinajstić information content (AvgIpc) is 3.07. The van der Waals surface area contributed by atoms with Crippen LogP contribution in [0.15, 0.2) is 29.3 Å². The summed E-state index contributed by atoms with van der Waals surface area (Å²) in [6, 6.07) is 3.42. The molecule has 0 bridgehead atoms. The molecule has 3 rings (SSSR count). The fraction of sp³-hybridized carbons (Fsp3) is 0.500. The maximum Gasteiger partial charge on any atom is 0.254 e. The number of aromatic amines is 1. The Morgan fingerprint density at radius 1 is 1.48 bits per heavy atom. The molecule has 4 N–H and O–H groups in total. The predicted octanol–water partition coefficient (Wildman–Crippen LogP) is -0.0301. The van der Waals surface area contributed by atoms with Crippen LogP contribution in [-0.4, -0.2) is 44.8 Å². The van der Waals surface area contributed by atoms with Crippen molar-refractivity contribution in [3.8, 4) is 0 Å². The quantitative estimate of drug-likeness (QED) is 0.699. The van der Waals surface area contributed by atoms with Crippen molar-refractivity contribution in [1.82, 2.24) is 25.1 Å². The van der Waals surface area contributed by atoms with Crippen molar-refractivity contribution >= 4 is 17.7 Å². The SMILES string of the molecule is C[C@@H](Cn1cccn1)C(=O)NC1CCN(c2cc(=O)[nH]c(N)n2)CC1. The number of nitrogen functional groups attached to an aromatic ring is 1. The molecule has 2 aromatic heterocycles. The Labute approximate surface area is 145 Å². The van der Waals surface area contributed by atoms with E-state index in [0.717, 1.165) is 12.8 Å². The Hall–Kier alpha value is -2.84. The monoisotopic (exact) mass is 345 g/mol. The van der Waals surface area contributed by atoms with Gasteiger partial charge in [-0.1, -0.05) is 6.92 Å². The number of carbonyl (C=O) groups is 1. The van der Waals surface area contributed by atoms with Gasteiger partial charge in [-0.2, -0.15) is 10.1 Å². The molecule has 9 heteroatoms. The van der Waals surface area contributed by atoms with Gasteiger partial charge in [0.15, 0.2) is 0 Å². The van der Waals surface area contributed by atoms with E-state index in [2.05, 4.69) is 20.4 Å². The maximum atomic E-state index is 12.3. The second kappa shape index (κ2) is 7.37. The first-order valence-corrected chi connectivity index (χ1v) is 8.41. The van der Waals surface area contributed by atoms with Crippen LogP contribution in [-0.2, 0) is 11.3 Å². The smallest absolute Gasteiger partial charge is 0.254 e. The molecule has 1 amide bonds. The van der Waals surface area contributed by atoms with E-state index in [1.165, 1.54) is 6.07 Å². The molecule has 2 aromatic rings. The largest absolute Gasteiger partial charge is 0.369 e. The minimum absolute atomic E-state index is 0.0347. The third-order valence-corrected chi connectivity index (χ3v) is 4.38. The normalized spacial score (nSPS) is 16.6. The standard InChI is InChI=1S/C16H23N7O2/c1-11(10-23-6-2-5-18-23)15(25)19-12-3-7-22(8-4-12)13-9-14(24)21-16(17)20-13/h2,5-6,9,11-12H,3-4,7-8,10H2,1H3,(H,19,25)(H3,17,20,21,24)/t11-/m0/s1. The molecule has 25 heavy (non-hydrogen) atoms. The molecule has 0 saturated carbocycles. The van der Waals surface area contributed by atoms with Crippen LogP contribution in [0.1, 0.15) is 19.8 Å². The van der Waals surface area contributed by atoms with Gasteiger partial charge >= 0.3 is 0 Å². The molecule has 0 radical (unpaired) electrons. The summed E-state index contributed by atoms with van der Waals surface area (Å²) in [7, 11) is 0. The molecule has 3 heterocycles. The van der Waals surface area contributed by atoms with Crippen LogP contribution in [0.5, 0.6) is 0 Å². The Balaban J connectivity index is 1.50. The van der Waals surface area contributed by atoms with Crippen LogP contribution in [0.4, 0.5) is 11.8 Å². The lowest BCUT2D eigenvalue weighted by Gasteiger charge is -2.33. The Morgan fingerprint density at radius 2 is 2.24 bits per heavy atom. The predicted molar refractivity (Wildman–Crippen MR) is 94.0 cm³/mol. The Morgan fingerprint density at radius 3 is 2.88 bits per heavy atom. The minimum atomic E-state index is -0.259. The first kappa shape index (κ1) is 17.0. The molecule has 1 saturated heterocycles. The van der Waals surface area contributed by atoms with Crippen LogP contribution < -0.4 is 21.5 Å². The van der Waals surface area contributed by atoms with Gasteiger partial charge in [-0.15, -0.1) is 0 Å². The number of H-pyrrole nitrogens is 1. The van der Waals surface area contributed by atoms with Gasteiger partial charge in [0.25, 0.3) is 5.56 Å². The highest BCUT2D eigenvalue weighted by molar-refractivity contribution is 5.78. The molecule has 134 valence electrons. The van der Waals surface area contributed by atoms with Crippen molar-refractivity contribution in [2.45, 2.75) is 32.4 Å². The minimum Gasteiger partial charge on any atom is -0.369 e. The molecule has 0 aromatic carbocycles. The number of hydrogen-bond donors (Lipinski definition) is 3. The zero-order chi connectivity index (χ0) is 17.8. The van der Waals surface area contributed by atoms with Crippen LogP contribution in [0, 0.1) is 5.92 Å². The molecule has 1 atom stereocenters. The molecule has 0 aliphatic carbocycles. The van der Waals surface area contributed by atoms with E-state index in [0.29, 0.717) is 25.5 Å². The second-order valence-electron chi connectivity index (χ2n) is 6.39. The summed E-state index contributed by atoms with van der Waals surface area (Å²) in [5, 5.41) is 7.23. The summed E-state index contributed by atoms with van der Waals surface area (Å²) >= 11 is 0. The van der Waals surface area contributed by atoms with Crippen LogP contribution in [0.3, 0.4) is 0 Å². The van der Waals surface area contributed by atoms with Crippen molar-refractivity contribution in [1.29, 1.82) is 0 Å².